The summed E-state index contributed by atoms with van der Waals surface area (Å²) in [4.78, 5) is 27.1. The van der Waals surface area contributed by atoms with Crippen molar-refractivity contribution in [3.63, 3.8) is 0 Å². The number of methoxy groups -OCH3 is 1. The van der Waals surface area contributed by atoms with Crippen LogP contribution < -0.4 is 4.74 Å². The summed E-state index contributed by atoms with van der Waals surface area (Å²) in [5, 5.41) is 14.0. The van der Waals surface area contributed by atoms with E-state index in [1.165, 1.54) is 4.90 Å². The summed E-state index contributed by atoms with van der Waals surface area (Å²) in [5.41, 5.74) is 4.48. The maximum Gasteiger partial charge on any atom is 0.293 e. The van der Waals surface area contributed by atoms with Gasteiger partial charge in [-0.3, -0.25) is 14.5 Å². The van der Waals surface area contributed by atoms with Crippen LogP contribution in [0, 0.1) is 0 Å². The lowest BCUT2D eigenvalue weighted by molar-refractivity contribution is -0.123. The fourth-order valence-corrected chi connectivity index (χ4v) is 4.50. The minimum atomic E-state index is -0.294. The number of carbonyl (C=O) groups is 2. The largest absolute Gasteiger partial charge is 0.497 e. The standard InChI is InChI=1S/C25H19N5O3S/c1-33-19-12-8-16(9-13-19)14-22-24(31)30(25(32)34-22)15-17-6-10-18(11-7-17)20-4-2-3-5-21(20)23-26-28-29-27-23/h2-14H,15H2,1H3,(H,26,27,28,29)/b22-14-. The van der Waals surface area contributed by atoms with E-state index in [1.807, 2.05) is 72.8 Å². The third-order valence-corrected chi connectivity index (χ3v) is 6.31. The van der Waals surface area contributed by atoms with Crippen molar-refractivity contribution in [2.24, 2.45) is 0 Å². The highest BCUT2D eigenvalue weighted by Crippen LogP contribution is 2.34. The fraction of sp³-hybridized carbons (Fsp3) is 0.0800. The van der Waals surface area contributed by atoms with Crippen molar-refractivity contribution in [1.82, 2.24) is 25.5 Å². The molecule has 1 aromatic heterocycles. The number of hydrogen-bond acceptors (Lipinski definition) is 7. The first-order chi connectivity index (χ1) is 16.6. The Labute approximate surface area is 199 Å². The molecule has 168 valence electrons. The summed E-state index contributed by atoms with van der Waals surface area (Å²) in [5.74, 6) is 0.951. The Bertz CT molecular complexity index is 1370. The van der Waals surface area contributed by atoms with Gasteiger partial charge in [0.1, 0.15) is 5.75 Å². The number of hydrogen-bond donors (Lipinski definition) is 1. The quantitative estimate of drug-likeness (QED) is 0.406. The molecule has 0 bridgehead atoms. The van der Waals surface area contributed by atoms with Crippen molar-refractivity contribution in [3.8, 4) is 28.3 Å². The third kappa shape index (κ3) is 4.33. The van der Waals surface area contributed by atoms with E-state index in [9.17, 15) is 9.59 Å². The normalized spacial score (nSPS) is 14.7. The second kappa shape index (κ2) is 9.32. The molecule has 2 heterocycles. The van der Waals surface area contributed by atoms with Crippen molar-refractivity contribution in [3.05, 3.63) is 88.8 Å². The predicted octanol–water partition coefficient (Wildman–Crippen LogP) is 4.78. The van der Waals surface area contributed by atoms with Gasteiger partial charge in [0.15, 0.2) is 0 Å². The van der Waals surface area contributed by atoms with E-state index in [0.29, 0.717) is 10.7 Å². The smallest absolute Gasteiger partial charge is 0.293 e. The van der Waals surface area contributed by atoms with Crippen molar-refractivity contribution >= 4 is 29.0 Å². The van der Waals surface area contributed by atoms with Crippen LogP contribution in [0.2, 0.25) is 0 Å². The number of aromatic amines is 1. The Morgan fingerprint density at radius 3 is 2.38 bits per heavy atom. The third-order valence-electron chi connectivity index (χ3n) is 5.41. The number of imide groups is 1. The van der Waals surface area contributed by atoms with Crippen LogP contribution in [0.3, 0.4) is 0 Å². The maximum atomic E-state index is 12.9. The number of tetrazole rings is 1. The fourth-order valence-electron chi connectivity index (χ4n) is 3.67. The average Bonchev–Trinajstić information content (AvgIpc) is 3.50. The van der Waals surface area contributed by atoms with E-state index >= 15 is 0 Å². The first kappa shape index (κ1) is 21.6. The second-order valence-corrected chi connectivity index (χ2v) is 8.51. The van der Waals surface area contributed by atoms with Crippen molar-refractivity contribution < 1.29 is 14.3 Å². The van der Waals surface area contributed by atoms with Crippen molar-refractivity contribution in [2.75, 3.05) is 7.11 Å². The van der Waals surface area contributed by atoms with Gasteiger partial charge < -0.3 is 4.74 Å². The monoisotopic (exact) mass is 469 g/mol. The van der Waals surface area contributed by atoms with Crippen LogP contribution in [0.1, 0.15) is 11.1 Å². The molecule has 1 aliphatic heterocycles. The van der Waals surface area contributed by atoms with Crippen LogP contribution in [0.15, 0.2) is 77.7 Å². The number of thioether (sulfide) groups is 1. The Balaban J connectivity index is 1.33. The molecule has 1 N–H and O–H groups in total. The summed E-state index contributed by atoms with van der Waals surface area (Å²) in [6, 6.07) is 22.9. The molecule has 0 radical (unpaired) electrons. The highest BCUT2D eigenvalue weighted by molar-refractivity contribution is 8.18. The summed E-state index contributed by atoms with van der Waals surface area (Å²) < 4.78 is 5.16. The summed E-state index contributed by atoms with van der Waals surface area (Å²) in [6.45, 7) is 0.206. The van der Waals surface area contributed by atoms with Crippen LogP contribution in [0.5, 0.6) is 5.75 Å². The van der Waals surface area contributed by atoms with Gasteiger partial charge in [0.05, 0.1) is 18.6 Å². The lowest BCUT2D eigenvalue weighted by atomic mass is 9.98. The number of aromatic nitrogens is 4. The van der Waals surface area contributed by atoms with E-state index in [1.54, 1.807) is 13.2 Å². The van der Waals surface area contributed by atoms with Crippen molar-refractivity contribution in [1.29, 1.82) is 0 Å². The van der Waals surface area contributed by atoms with Gasteiger partial charge in [0.25, 0.3) is 11.1 Å². The Morgan fingerprint density at radius 1 is 0.971 bits per heavy atom. The lowest BCUT2D eigenvalue weighted by Gasteiger charge is -2.13. The molecular formula is C25H19N5O3S. The van der Waals surface area contributed by atoms with Gasteiger partial charge in [-0.25, -0.2) is 0 Å². The topological polar surface area (TPSA) is 101 Å². The van der Waals surface area contributed by atoms with Gasteiger partial charge in [0.2, 0.25) is 5.82 Å². The first-order valence-electron chi connectivity index (χ1n) is 10.4. The predicted molar refractivity (Wildman–Crippen MR) is 130 cm³/mol. The molecule has 0 atom stereocenters. The minimum Gasteiger partial charge on any atom is -0.497 e. The van der Waals surface area contributed by atoms with Gasteiger partial charge in [-0.2, -0.15) is 5.21 Å². The SMILES string of the molecule is COc1ccc(/C=C2\SC(=O)N(Cc3ccc(-c4ccccc4-c4nn[nH]n4)cc3)C2=O)cc1. The molecule has 2 amide bonds. The molecule has 0 saturated carbocycles. The zero-order valence-corrected chi connectivity index (χ0v) is 19.0. The summed E-state index contributed by atoms with van der Waals surface area (Å²) >= 11 is 0.951. The van der Waals surface area contributed by atoms with Crippen LogP contribution in [-0.2, 0) is 11.3 Å². The number of carbonyl (C=O) groups excluding carboxylic acids is 2. The molecule has 0 spiro atoms. The van der Waals surface area contributed by atoms with E-state index in [4.69, 9.17) is 4.74 Å². The second-order valence-electron chi connectivity index (χ2n) is 7.52. The molecule has 1 saturated heterocycles. The molecule has 1 fully saturated rings. The van der Waals surface area contributed by atoms with E-state index in [0.717, 1.165) is 45.3 Å². The van der Waals surface area contributed by atoms with Crippen molar-refractivity contribution in [2.45, 2.75) is 6.54 Å². The minimum absolute atomic E-state index is 0.206. The molecule has 0 unspecified atom stereocenters. The van der Waals surface area contributed by atoms with Gasteiger partial charge in [-0.05, 0) is 57.4 Å². The van der Waals surface area contributed by atoms with Crippen LogP contribution in [-0.4, -0.2) is 43.8 Å². The molecule has 8 nitrogen and oxygen atoms in total. The molecule has 34 heavy (non-hydrogen) atoms. The molecule has 4 aromatic rings. The summed E-state index contributed by atoms with van der Waals surface area (Å²) in [7, 11) is 1.60. The van der Waals surface area contributed by atoms with E-state index < -0.39 is 0 Å². The Kier molecular flexibility index (Phi) is 5.92. The number of rotatable bonds is 6. The van der Waals surface area contributed by atoms with Crippen LogP contribution in [0.25, 0.3) is 28.6 Å². The maximum absolute atomic E-state index is 12.9. The molecule has 0 aliphatic carbocycles. The van der Waals surface area contributed by atoms with Gasteiger partial charge >= 0.3 is 0 Å². The summed E-state index contributed by atoms with van der Waals surface area (Å²) in [6.07, 6.45) is 1.72. The number of nitrogens with zero attached hydrogens (tertiary/aromatic N) is 4. The lowest BCUT2D eigenvalue weighted by Crippen LogP contribution is -2.27. The Morgan fingerprint density at radius 2 is 1.71 bits per heavy atom. The van der Waals surface area contributed by atoms with Gasteiger partial charge in [0, 0.05) is 5.56 Å². The molecule has 9 heteroatoms. The molecule has 5 rings (SSSR count). The zero-order chi connectivity index (χ0) is 23.5. The Hall–Kier alpha value is -4.24. The number of benzene rings is 3. The number of H-pyrrole nitrogens is 1. The van der Waals surface area contributed by atoms with E-state index in [-0.39, 0.29) is 17.7 Å². The van der Waals surface area contributed by atoms with E-state index in [2.05, 4.69) is 20.6 Å². The molecular weight excluding hydrogens is 450 g/mol. The number of nitrogens with one attached hydrogen (secondary N) is 1. The van der Waals surface area contributed by atoms with Crippen LogP contribution >= 0.6 is 11.8 Å². The molecule has 3 aromatic carbocycles. The molecule has 1 aliphatic rings. The first-order valence-corrected chi connectivity index (χ1v) is 11.3. The van der Waals surface area contributed by atoms with Gasteiger partial charge in [-0.15, -0.1) is 10.2 Å². The van der Waals surface area contributed by atoms with Crippen LogP contribution in [0.4, 0.5) is 4.79 Å². The number of ether oxygens (including phenoxy) is 1. The van der Waals surface area contributed by atoms with Gasteiger partial charge in [-0.1, -0.05) is 60.7 Å². The highest BCUT2D eigenvalue weighted by atomic mass is 32.2. The average molecular weight is 470 g/mol. The highest BCUT2D eigenvalue weighted by Gasteiger charge is 2.35. The number of amides is 2. The zero-order valence-electron chi connectivity index (χ0n) is 18.1.